The number of allylic oxidation sites excluding steroid dienone is 1. The van der Waals surface area contributed by atoms with Gasteiger partial charge in [-0.25, -0.2) is 18.4 Å². The summed E-state index contributed by atoms with van der Waals surface area (Å²) < 4.78 is 40.2. The van der Waals surface area contributed by atoms with Gasteiger partial charge in [0.1, 0.15) is 9.04 Å². The third kappa shape index (κ3) is 5.11. The molecule has 0 spiro atoms. The smallest absolute Gasteiger partial charge is 0.253 e. The molecule has 3 aromatic rings. The normalized spacial score (nSPS) is 16.3. The zero-order chi connectivity index (χ0) is 24.5. The fourth-order valence-electron chi connectivity index (χ4n) is 3.54. The molecule has 0 amide bonds. The number of aliphatic imine (C=N–C) groups is 1. The molecule has 0 unspecified atom stereocenters. The molecule has 11 heteroatoms. The maximum absolute atomic E-state index is 13.1. The number of fused-ring (bicyclic) bond motifs is 1. The molecule has 178 valence electrons. The zero-order valence-corrected chi connectivity index (χ0v) is 21.3. The minimum absolute atomic E-state index is 0.134. The minimum Gasteiger partial charge on any atom is -0.396 e. The van der Waals surface area contributed by atoms with Crippen LogP contribution < -0.4 is 11.1 Å². The number of guanidine groups is 1. The molecule has 1 saturated carbocycles. The summed E-state index contributed by atoms with van der Waals surface area (Å²) >= 11 is 1.37. The molecule has 3 N–H and O–H groups in total. The van der Waals surface area contributed by atoms with E-state index >= 15 is 0 Å². The average Bonchev–Trinajstić information content (AvgIpc) is 3.11. The van der Waals surface area contributed by atoms with Crippen LogP contribution in [0.5, 0.6) is 0 Å². The molecule has 1 fully saturated rings. The number of sulfonamides is 1. The lowest BCUT2D eigenvalue weighted by molar-refractivity contribution is 0.505. The minimum atomic E-state index is -3.63. The molecule has 2 heterocycles. The van der Waals surface area contributed by atoms with Crippen LogP contribution >= 0.6 is 11.3 Å². The van der Waals surface area contributed by atoms with E-state index in [1.807, 2.05) is 43.3 Å². The predicted molar refractivity (Wildman–Crippen MR) is 142 cm³/mol. The van der Waals surface area contributed by atoms with Crippen molar-refractivity contribution >= 4 is 66.3 Å². The number of nitrogens with one attached hydrogen (secondary N) is 1. The first kappa shape index (κ1) is 24.2. The number of rotatable bonds is 6. The Morgan fingerprint density at radius 1 is 1.32 bits per heavy atom. The van der Waals surface area contributed by atoms with Crippen molar-refractivity contribution in [2.24, 2.45) is 9.39 Å². The Hall–Kier alpha value is -2.89. The third-order valence-electron chi connectivity index (χ3n) is 5.51. The Morgan fingerprint density at radius 2 is 2.03 bits per heavy atom. The van der Waals surface area contributed by atoms with Crippen molar-refractivity contribution in [2.75, 3.05) is 12.0 Å². The topological polar surface area (TPSA) is 127 Å². The first-order valence-electron chi connectivity index (χ1n) is 10.6. The molecular formula is C23H25N5O3S3. The van der Waals surface area contributed by atoms with Gasteiger partial charge in [0.05, 0.1) is 28.4 Å². The molecule has 4 rings (SSSR count). The molecule has 1 aliphatic carbocycles. The maximum Gasteiger partial charge on any atom is 0.253 e. The number of aromatic nitrogens is 1. The van der Waals surface area contributed by atoms with Gasteiger partial charge in [-0.2, -0.15) is 0 Å². The number of nitrogens with two attached hydrogens (primary N) is 1. The van der Waals surface area contributed by atoms with Crippen LogP contribution in [-0.4, -0.2) is 41.8 Å². The number of anilines is 1. The quantitative estimate of drug-likeness (QED) is 0.375. The highest BCUT2D eigenvalue weighted by molar-refractivity contribution is 7.89. The second-order valence-electron chi connectivity index (χ2n) is 8.03. The molecule has 1 aromatic carbocycles. The highest BCUT2D eigenvalue weighted by Crippen LogP contribution is 2.44. The highest BCUT2D eigenvalue weighted by Gasteiger charge is 2.29. The summed E-state index contributed by atoms with van der Waals surface area (Å²) in [6, 6.07) is 11.8. The monoisotopic (exact) mass is 515 g/mol. The molecule has 0 bridgehead atoms. The first-order chi connectivity index (χ1) is 16.2. The number of benzene rings is 1. The summed E-state index contributed by atoms with van der Waals surface area (Å²) in [4.78, 5) is 9.12. The number of nitrogens with zero attached hydrogens (tertiary/aromatic N) is 3. The van der Waals surface area contributed by atoms with Crippen LogP contribution in [0.1, 0.15) is 31.9 Å². The lowest BCUT2D eigenvalue weighted by Gasteiger charge is -2.23. The van der Waals surface area contributed by atoms with Crippen LogP contribution in [0, 0.1) is 0 Å². The van der Waals surface area contributed by atoms with Gasteiger partial charge in [0.25, 0.3) is 10.0 Å². The Bertz CT molecular complexity index is 1440. The summed E-state index contributed by atoms with van der Waals surface area (Å²) in [5.74, 6) is -0.134. The second kappa shape index (κ2) is 9.77. The number of hydrogen-bond acceptors (Lipinski definition) is 6. The van der Waals surface area contributed by atoms with E-state index in [-0.39, 0.29) is 11.2 Å². The van der Waals surface area contributed by atoms with Crippen LogP contribution in [0.3, 0.4) is 0 Å². The Morgan fingerprint density at radius 3 is 2.62 bits per heavy atom. The average molecular weight is 516 g/mol. The van der Waals surface area contributed by atoms with E-state index < -0.39 is 20.8 Å². The summed E-state index contributed by atoms with van der Waals surface area (Å²) in [6.07, 6.45) is 5.55. The predicted octanol–water partition coefficient (Wildman–Crippen LogP) is 4.17. The highest BCUT2D eigenvalue weighted by atomic mass is 32.2. The molecule has 1 atom stereocenters. The van der Waals surface area contributed by atoms with Gasteiger partial charge in [0.15, 0.2) is 0 Å². The van der Waals surface area contributed by atoms with Crippen LogP contribution in [-0.2, 0) is 20.8 Å². The summed E-state index contributed by atoms with van der Waals surface area (Å²) in [5.41, 5.74) is 10.3. The Kier molecular flexibility index (Phi) is 6.96. The first-order valence-corrected chi connectivity index (χ1v) is 14.4. The lowest BCUT2D eigenvalue weighted by atomic mass is 10.00. The van der Waals surface area contributed by atoms with E-state index in [0.717, 1.165) is 47.6 Å². The second-order valence-corrected chi connectivity index (χ2v) is 12.6. The lowest BCUT2D eigenvalue weighted by Crippen LogP contribution is -2.23. The standard InChI is InChI=1S/C23H25N5O3S3/c1-14(13-26-23(25-2)28-34(3,30)31)18-12-17(15-8-5-4-6-9-15)19-20(24)22(32-21(19)27-18)33(29)16-10-7-11-16/h4-6,8-9,12-13,16H,2,7,10-11,24H2,1,3H3,(H,26,28)/b14-13+/t33-/m1/s1. The van der Waals surface area contributed by atoms with Crippen molar-refractivity contribution in [2.45, 2.75) is 35.6 Å². The summed E-state index contributed by atoms with van der Waals surface area (Å²) in [7, 11) is -4.78. The maximum atomic E-state index is 13.1. The number of pyridine rings is 1. The van der Waals surface area contributed by atoms with Gasteiger partial charge in [-0.3, -0.25) is 4.21 Å². The van der Waals surface area contributed by atoms with Gasteiger partial charge in [0, 0.05) is 16.8 Å². The van der Waals surface area contributed by atoms with Crippen LogP contribution in [0.4, 0.5) is 5.69 Å². The number of nitrogen functional groups attached to an aromatic ring is 1. The molecular weight excluding hydrogens is 490 g/mol. The molecule has 0 aliphatic heterocycles. The third-order valence-corrected chi connectivity index (χ3v) is 9.31. The molecule has 2 aromatic heterocycles. The van der Waals surface area contributed by atoms with E-state index in [4.69, 9.17) is 10.7 Å². The van der Waals surface area contributed by atoms with E-state index in [1.165, 1.54) is 11.3 Å². The van der Waals surface area contributed by atoms with Gasteiger partial charge in [-0.15, -0.1) is 15.7 Å². The van der Waals surface area contributed by atoms with Crippen molar-refractivity contribution in [1.29, 1.82) is 0 Å². The van der Waals surface area contributed by atoms with Crippen molar-refractivity contribution in [3.05, 3.63) is 48.3 Å². The van der Waals surface area contributed by atoms with Gasteiger partial charge in [-0.1, -0.05) is 36.8 Å². The van der Waals surface area contributed by atoms with Crippen LogP contribution in [0.25, 0.3) is 26.9 Å². The Balaban J connectivity index is 1.82. The van der Waals surface area contributed by atoms with Crippen molar-refractivity contribution in [1.82, 2.24) is 10.3 Å². The van der Waals surface area contributed by atoms with Gasteiger partial charge >= 0.3 is 0 Å². The molecule has 34 heavy (non-hydrogen) atoms. The van der Waals surface area contributed by atoms with E-state index in [2.05, 4.69) is 21.4 Å². The van der Waals surface area contributed by atoms with Gasteiger partial charge in [-0.05, 0) is 49.2 Å². The fraction of sp³-hybridized carbons (Fsp3) is 0.261. The van der Waals surface area contributed by atoms with Crippen LogP contribution in [0.2, 0.25) is 0 Å². The molecule has 0 saturated heterocycles. The molecule has 0 radical (unpaired) electrons. The fourth-order valence-corrected chi connectivity index (χ4v) is 7.17. The van der Waals surface area contributed by atoms with Gasteiger partial charge < -0.3 is 11.1 Å². The Labute approximate surface area is 205 Å². The van der Waals surface area contributed by atoms with E-state index in [0.29, 0.717) is 20.4 Å². The molecule has 1 aliphatic rings. The van der Waals surface area contributed by atoms with Gasteiger partial charge in [0.2, 0.25) is 5.96 Å². The summed E-state index contributed by atoms with van der Waals surface area (Å²) in [5, 5.41) is 3.72. The SMILES string of the molecule is C=NC(=NS(C)(=O)=O)N/C=C(\C)c1cc(-c2ccccc2)c2c(N)c([S@](=O)C3CCC3)sc2n1. The number of hydrogen-bond donors (Lipinski definition) is 2. The van der Waals surface area contributed by atoms with Crippen molar-refractivity contribution in [3.63, 3.8) is 0 Å². The van der Waals surface area contributed by atoms with Crippen LogP contribution in [0.15, 0.2) is 56.2 Å². The van der Waals surface area contributed by atoms with Crippen molar-refractivity contribution in [3.8, 4) is 11.1 Å². The zero-order valence-electron chi connectivity index (χ0n) is 18.8. The number of thiophene rings is 1. The molecule has 8 nitrogen and oxygen atoms in total. The summed E-state index contributed by atoms with van der Waals surface area (Å²) in [6.45, 7) is 5.19. The van der Waals surface area contributed by atoms with E-state index in [9.17, 15) is 12.6 Å². The largest absolute Gasteiger partial charge is 0.396 e. The van der Waals surface area contributed by atoms with Crippen molar-refractivity contribution < 1.29 is 12.6 Å². The van der Waals surface area contributed by atoms with E-state index in [1.54, 1.807) is 6.20 Å².